The van der Waals surface area contributed by atoms with Crippen LogP contribution in [0, 0.1) is 6.92 Å². The minimum atomic E-state index is -4.33. The normalized spacial score (nSPS) is 13.3. The third kappa shape index (κ3) is 3.46. The van der Waals surface area contributed by atoms with E-state index in [1.54, 1.807) is 13.0 Å². The van der Waals surface area contributed by atoms with Gasteiger partial charge in [-0.3, -0.25) is 0 Å². The van der Waals surface area contributed by atoms with Crippen molar-refractivity contribution in [3.05, 3.63) is 50.7 Å². The van der Waals surface area contributed by atoms with E-state index in [0.717, 1.165) is 22.6 Å². The largest absolute Gasteiger partial charge is 0.416 e. The van der Waals surface area contributed by atoms with Crippen molar-refractivity contribution in [2.45, 2.75) is 26.1 Å². The smallest absolute Gasteiger partial charge is 0.377 e. The summed E-state index contributed by atoms with van der Waals surface area (Å²) in [5, 5.41) is 3.10. The lowest BCUT2D eigenvalue weighted by Gasteiger charge is -2.17. The molecule has 1 nitrogen and oxygen atoms in total. The van der Waals surface area contributed by atoms with Crippen LogP contribution >= 0.6 is 22.9 Å². The van der Waals surface area contributed by atoms with E-state index in [1.165, 1.54) is 17.4 Å². The van der Waals surface area contributed by atoms with E-state index < -0.39 is 11.7 Å². The molecule has 0 fully saturated rings. The van der Waals surface area contributed by atoms with Crippen LogP contribution in [0.25, 0.3) is 0 Å². The van der Waals surface area contributed by atoms with Crippen LogP contribution in [0.4, 0.5) is 18.9 Å². The molecule has 0 aliphatic heterocycles. The van der Waals surface area contributed by atoms with Gasteiger partial charge in [0.25, 0.3) is 0 Å². The predicted octanol–water partition coefficient (Wildman–Crippen LogP) is 5.90. The van der Waals surface area contributed by atoms with Gasteiger partial charge in [0, 0.05) is 10.6 Å². The second-order valence-electron chi connectivity index (χ2n) is 4.54. The molecule has 0 bridgehead atoms. The first-order valence-corrected chi connectivity index (χ1v) is 7.16. The third-order valence-corrected chi connectivity index (χ3v) is 4.37. The number of halogens is 4. The van der Waals surface area contributed by atoms with Crippen molar-refractivity contribution in [1.29, 1.82) is 0 Å². The summed E-state index contributed by atoms with van der Waals surface area (Å²) in [5.41, 5.74) is 0.603. The fourth-order valence-corrected chi connectivity index (χ4v) is 2.88. The summed E-state index contributed by atoms with van der Waals surface area (Å²) in [6.45, 7) is 3.67. The van der Waals surface area contributed by atoms with E-state index in [9.17, 15) is 13.2 Å². The van der Waals surface area contributed by atoms with Gasteiger partial charge in [0.2, 0.25) is 0 Å². The maximum Gasteiger partial charge on any atom is 0.416 e. The predicted molar refractivity (Wildman–Crippen MR) is 77.5 cm³/mol. The Balaban J connectivity index is 2.24. The van der Waals surface area contributed by atoms with Gasteiger partial charge in [0.1, 0.15) is 0 Å². The lowest BCUT2D eigenvalue weighted by atomic mass is 10.1. The van der Waals surface area contributed by atoms with Crippen LogP contribution in [0.3, 0.4) is 0 Å². The average molecular weight is 320 g/mol. The first kappa shape index (κ1) is 15.2. The first-order chi connectivity index (χ1) is 9.27. The van der Waals surface area contributed by atoms with Crippen LogP contribution < -0.4 is 5.32 Å². The van der Waals surface area contributed by atoms with E-state index in [4.69, 9.17) is 11.6 Å². The Kier molecular flexibility index (Phi) is 4.30. The molecule has 0 amide bonds. The number of rotatable bonds is 3. The highest BCUT2D eigenvalue weighted by molar-refractivity contribution is 7.16. The van der Waals surface area contributed by atoms with Gasteiger partial charge in [-0.25, -0.2) is 0 Å². The molecule has 1 aromatic heterocycles. The highest BCUT2D eigenvalue weighted by Crippen LogP contribution is 2.34. The number of thiophene rings is 1. The van der Waals surface area contributed by atoms with Gasteiger partial charge in [-0.05, 0) is 43.7 Å². The summed E-state index contributed by atoms with van der Waals surface area (Å²) in [6, 6.07) is 7.24. The van der Waals surface area contributed by atoms with Gasteiger partial charge in [0.05, 0.1) is 15.9 Å². The Bertz CT molecular complexity index is 607. The molecule has 0 saturated carbocycles. The van der Waals surface area contributed by atoms with Gasteiger partial charge in [0.15, 0.2) is 0 Å². The van der Waals surface area contributed by atoms with Crippen molar-refractivity contribution in [2.24, 2.45) is 0 Å². The molecule has 6 heteroatoms. The summed E-state index contributed by atoms with van der Waals surface area (Å²) >= 11 is 7.28. The van der Waals surface area contributed by atoms with E-state index >= 15 is 0 Å². The number of benzene rings is 1. The van der Waals surface area contributed by atoms with Crippen molar-refractivity contribution in [1.82, 2.24) is 0 Å². The lowest BCUT2D eigenvalue weighted by molar-refractivity contribution is -0.137. The van der Waals surface area contributed by atoms with Crippen LogP contribution in [-0.4, -0.2) is 0 Å². The van der Waals surface area contributed by atoms with Crippen LogP contribution in [0.5, 0.6) is 0 Å². The molecule has 0 spiro atoms. The molecule has 108 valence electrons. The Morgan fingerprint density at radius 2 is 1.90 bits per heavy atom. The Labute approximate surface area is 124 Å². The minimum Gasteiger partial charge on any atom is -0.377 e. The number of nitrogens with one attached hydrogen (secondary N) is 1. The third-order valence-electron chi connectivity index (χ3n) is 2.96. The van der Waals surface area contributed by atoms with Crippen molar-refractivity contribution in [2.75, 3.05) is 5.32 Å². The zero-order valence-electron chi connectivity index (χ0n) is 10.9. The Morgan fingerprint density at radius 3 is 2.45 bits per heavy atom. The number of hydrogen-bond acceptors (Lipinski definition) is 2. The summed E-state index contributed by atoms with van der Waals surface area (Å²) in [6.07, 6.45) is -4.33. The summed E-state index contributed by atoms with van der Waals surface area (Å²) in [5.74, 6) is 0. The average Bonchev–Trinajstić information content (AvgIpc) is 2.77. The second-order valence-corrected chi connectivity index (χ2v) is 6.28. The number of hydrogen-bond donors (Lipinski definition) is 1. The molecule has 0 radical (unpaired) electrons. The van der Waals surface area contributed by atoms with Gasteiger partial charge in [-0.1, -0.05) is 17.7 Å². The van der Waals surface area contributed by atoms with Gasteiger partial charge in [-0.2, -0.15) is 13.2 Å². The molecule has 2 aromatic rings. The van der Waals surface area contributed by atoms with Crippen LogP contribution in [0.1, 0.15) is 29.0 Å². The fraction of sp³-hybridized carbons (Fsp3) is 0.286. The highest BCUT2D eigenvalue weighted by atomic mass is 35.5. The van der Waals surface area contributed by atoms with Crippen molar-refractivity contribution in [3.8, 4) is 0 Å². The molecule has 0 saturated heterocycles. The molecule has 1 heterocycles. The molecule has 0 aliphatic carbocycles. The first-order valence-electron chi connectivity index (χ1n) is 5.97. The number of aryl methyl sites for hydroxylation is 1. The van der Waals surface area contributed by atoms with Gasteiger partial charge >= 0.3 is 6.18 Å². The Hall–Kier alpha value is -1.20. The minimum absolute atomic E-state index is 0.102. The maximum atomic E-state index is 12.7. The topological polar surface area (TPSA) is 12.0 Å². The molecule has 1 atom stereocenters. The van der Waals surface area contributed by atoms with Crippen molar-refractivity contribution < 1.29 is 13.2 Å². The van der Waals surface area contributed by atoms with E-state index in [0.29, 0.717) is 10.0 Å². The molecule has 0 aliphatic rings. The molecule has 1 unspecified atom stereocenters. The zero-order chi connectivity index (χ0) is 14.9. The van der Waals surface area contributed by atoms with E-state index in [-0.39, 0.29) is 6.04 Å². The quantitative estimate of drug-likeness (QED) is 0.742. The summed E-state index contributed by atoms with van der Waals surface area (Å²) in [4.78, 5) is 0.979. The lowest BCUT2D eigenvalue weighted by Crippen LogP contribution is -2.09. The fourth-order valence-electron chi connectivity index (χ4n) is 1.82. The number of anilines is 1. The highest BCUT2D eigenvalue weighted by Gasteiger charge is 2.30. The molecule has 1 N–H and O–H groups in total. The van der Waals surface area contributed by atoms with Crippen molar-refractivity contribution >= 4 is 28.6 Å². The summed E-state index contributed by atoms with van der Waals surface area (Å²) in [7, 11) is 0. The van der Waals surface area contributed by atoms with Crippen LogP contribution in [0.15, 0.2) is 30.3 Å². The second kappa shape index (κ2) is 5.66. The molecular formula is C14H13ClF3NS. The number of alkyl halides is 3. The monoisotopic (exact) mass is 319 g/mol. The molecular weight excluding hydrogens is 307 g/mol. The SMILES string of the molecule is Cc1ccc(C(F)(F)F)cc1NC(C)c1ccc(Cl)s1. The van der Waals surface area contributed by atoms with Gasteiger partial charge < -0.3 is 5.32 Å². The molecule has 2 rings (SSSR count). The molecule has 20 heavy (non-hydrogen) atoms. The van der Waals surface area contributed by atoms with E-state index in [1.807, 2.05) is 13.0 Å². The van der Waals surface area contributed by atoms with E-state index in [2.05, 4.69) is 5.32 Å². The zero-order valence-corrected chi connectivity index (χ0v) is 12.5. The summed E-state index contributed by atoms with van der Waals surface area (Å²) < 4.78 is 38.8. The Morgan fingerprint density at radius 1 is 1.20 bits per heavy atom. The van der Waals surface area contributed by atoms with Crippen LogP contribution in [0.2, 0.25) is 4.34 Å². The maximum absolute atomic E-state index is 12.7. The van der Waals surface area contributed by atoms with Crippen LogP contribution in [-0.2, 0) is 6.18 Å². The van der Waals surface area contributed by atoms with Crippen molar-refractivity contribution in [3.63, 3.8) is 0 Å². The van der Waals surface area contributed by atoms with Gasteiger partial charge in [-0.15, -0.1) is 11.3 Å². The molecule has 1 aromatic carbocycles. The standard InChI is InChI=1S/C14H13ClF3NS/c1-8-3-4-10(14(16,17)18)7-11(8)19-9(2)12-5-6-13(15)20-12/h3-7,9,19H,1-2H3.